The molecule has 98 valence electrons. The van der Waals surface area contributed by atoms with E-state index >= 15 is 0 Å². The second kappa shape index (κ2) is 5.50. The Morgan fingerprint density at radius 3 is 2.78 bits per heavy atom. The van der Waals surface area contributed by atoms with Crippen LogP contribution in [0.5, 0.6) is 0 Å². The van der Waals surface area contributed by atoms with Crippen molar-refractivity contribution in [3.63, 3.8) is 0 Å². The van der Waals surface area contributed by atoms with Gasteiger partial charge in [0.05, 0.1) is 6.54 Å². The Labute approximate surface area is 109 Å². The van der Waals surface area contributed by atoms with Crippen molar-refractivity contribution in [2.24, 2.45) is 0 Å². The zero-order chi connectivity index (χ0) is 13.1. The highest BCUT2D eigenvalue weighted by Gasteiger charge is 2.30. The van der Waals surface area contributed by atoms with Gasteiger partial charge in [-0.25, -0.2) is 0 Å². The Balaban J connectivity index is 2.22. The monoisotopic (exact) mass is 247 g/mol. The number of para-hydroxylation sites is 1. The van der Waals surface area contributed by atoms with E-state index < -0.39 is 0 Å². The minimum Gasteiger partial charge on any atom is -0.318 e. The molecule has 1 saturated heterocycles. The minimum absolute atomic E-state index is 0.180. The van der Waals surface area contributed by atoms with Crippen LogP contribution in [-0.2, 0) is 4.79 Å². The number of amides is 1. The van der Waals surface area contributed by atoms with E-state index in [-0.39, 0.29) is 5.91 Å². The molecular weight excluding hydrogens is 226 g/mol. The summed E-state index contributed by atoms with van der Waals surface area (Å²) >= 11 is 0. The molecule has 1 aromatic rings. The number of nitrogens with zero attached hydrogens (tertiary/aromatic N) is 2. The van der Waals surface area contributed by atoms with Gasteiger partial charge in [-0.1, -0.05) is 18.2 Å². The predicted molar refractivity (Wildman–Crippen MR) is 73.9 cm³/mol. The van der Waals surface area contributed by atoms with E-state index in [0.29, 0.717) is 12.6 Å². The fourth-order valence-corrected chi connectivity index (χ4v) is 2.43. The molecule has 4 nitrogen and oxygen atoms in total. The van der Waals surface area contributed by atoms with Gasteiger partial charge >= 0.3 is 0 Å². The lowest BCUT2D eigenvalue weighted by Crippen LogP contribution is -2.57. The van der Waals surface area contributed by atoms with E-state index in [2.05, 4.69) is 10.2 Å². The quantitative estimate of drug-likeness (QED) is 0.860. The molecular formula is C14H21N3O. The van der Waals surface area contributed by atoms with Crippen LogP contribution in [0.4, 0.5) is 5.69 Å². The summed E-state index contributed by atoms with van der Waals surface area (Å²) in [5.41, 5.74) is 2.19. The highest BCUT2D eigenvalue weighted by atomic mass is 16.2. The van der Waals surface area contributed by atoms with Crippen molar-refractivity contribution in [1.29, 1.82) is 0 Å². The molecule has 1 aromatic carbocycles. The van der Waals surface area contributed by atoms with Crippen molar-refractivity contribution >= 4 is 11.6 Å². The molecule has 1 amide bonds. The molecule has 1 aliphatic rings. The summed E-state index contributed by atoms with van der Waals surface area (Å²) in [6.07, 6.45) is 0. The molecule has 0 saturated carbocycles. The van der Waals surface area contributed by atoms with Crippen LogP contribution >= 0.6 is 0 Å². The highest BCUT2D eigenvalue weighted by molar-refractivity contribution is 5.96. The van der Waals surface area contributed by atoms with Crippen LogP contribution in [-0.4, -0.2) is 50.6 Å². The maximum Gasteiger partial charge on any atom is 0.241 e. The van der Waals surface area contributed by atoms with Crippen LogP contribution in [0.15, 0.2) is 24.3 Å². The standard InChI is InChI=1S/C14H21N3O/c1-11-6-4-5-7-13(11)17-9-12(8-15-2)16(3)10-14(17)18/h4-7,12,15H,8-10H2,1-3H3. The molecule has 0 spiro atoms. The molecule has 1 aliphatic heterocycles. The van der Waals surface area contributed by atoms with Crippen LogP contribution in [0.2, 0.25) is 0 Å². The number of benzene rings is 1. The van der Waals surface area contributed by atoms with Gasteiger partial charge in [0, 0.05) is 24.8 Å². The Bertz CT molecular complexity index is 433. The summed E-state index contributed by atoms with van der Waals surface area (Å²) in [7, 11) is 3.96. The van der Waals surface area contributed by atoms with E-state index in [4.69, 9.17) is 0 Å². The molecule has 4 heteroatoms. The molecule has 0 aliphatic carbocycles. The third-order valence-corrected chi connectivity index (χ3v) is 3.55. The van der Waals surface area contributed by atoms with Crippen LogP contribution in [0.3, 0.4) is 0 Å². The Morgan fingerprint density at radius 1 is 1.39 bits per heavy atom. The van der Waals surface area contributed by atoms with Gasteiger partial charge in [0.25, 0.3) is 0 Å². The van der Waals surface area contributed by atoms with Gasteiger partial charge in [-0.2, -0.15) is 0 Å². The number of likely N-dealkylation sites (N-methyl/N-ethyl adjacent to an activating group) is 2. The van der Waals surface area contributed by atoms with Crippen molar-refractivity contribution < 1.29 is 4.79 Å². The fraction of sp³-hybridized carbons (Fsp3) is 0.500. The first-order valence-corrected chi connectivity index (χ1v) is 6.34. The number of carbonyl (C=O) groups is 1. The molecule has 1 fully saturated rings. The van der Waals surface area contributed by atoms with Crippen LogP contribution < -0.4 is 10.2 Å². The summed E-state index contributed by atoms with van der Waals surface area (Å²) in [5.74, 6) is 0.180. The number of nitrogens with one attached hydrogen (secondary N) is 1. The maximum atomic E-state index is 12.2. The zero-order valence-electron chi connectivity index (χ0n) is 11.3. The van der Waals surface area contributed by atoms with Crippen molar-refractivity contribution in [2.45, 2.75) is 13.0 Å². The zero-order valence-corrected chi connectivity index (χ0v) is 11.3. The fourth-order valence-electron chi connectivity index (χ4n) is 2.43. The average molecular weight is 247 g/mol. The largest absolute Gasteiger partial charge is 0.318 e. The van der Waals surface area contributed by atoms with Gasteiger partial charge in [-0.15, -0.1) is 0 Å². The van der Waals surface area contributed by atoms with E-state index in [9.17, 15) is 4.79 Å². The second-order valence-electron chi connectivity index (χ2n) is 4.92. The second-order valence-corrected chi connectivity index (χ2v) is 4.92. The van der Waals surface area contributed by atoms with Crippen molar-refractivity contribution in [3.8, 4) is 0 Å². The Kier molecular flexibility index (Phi) is 3.99. The molecule has 1 unspecified atom stereocenters. The number of hydrogen-bond donors (Lipinski definition) is 1. The van der Waals surface area contributed by atoms with Gasteiger partial charge in [0.1, 0.15) is 0 Å². The molecule has 1 atom stereocenters. The van der Waals surface area contributed by atoms with Crippen molar-refractivity contribution in [3.05, 3.63) is 29.8 Å². The van der Waals surface area contributed by atoms with Crippen molar-refractivity contribution in [2.75, 3.05) is 38.6 Å². The number of carbonyl (C=O) groups excluding carboxylic acids is 1. The molecule has 0 bridgehead atoms. The number of piperazine rings is 1. The number of anilines is 1. The smallest absolute Gasteiger partial charge is 0.241 e. The van der Waals surface area contributed by atoms with E-state index in [0.717, 1.165) is 24.3 Å². The first-order chi connectivity index (χ1) is 8.63. The van der Waals surface area contributed by atoms with Gasteiger partial charge in [-0.05, 0) is 32.6 Å². The summed E-state index contributed by atoms with van der Waals surface area (Å²) < 4.78 is 0. The van der Waals surface area contributed by atoms with Gasteiger partial charge in [-0.3, -0.25) is 9.69 Å². The van der Waals surface area contributed by atoms with Gasteiger partial charge in [0.2, 0.25) is 5.91 Å². The Morgan fingerprint density at radius 2 is 2.11 bits per heavy atom. The van der Waals surface area contributed by atoms with Crippen LogP contribution in [0.1, 0.15) is 5.56 Å². The third-order valence-electron chi connectivity index (χ3n) is 3.55. The topological polar surface area (TPSA) is 35.6 Å². The van der Waals surface area contributed by atoms with Gasteiger partial charge < -0.3 is 10.2 Å². The summed E-state index contributed by atoms with van der Waals surface area (Å²) in [4.78, 5) is 16.2. The third kappa shape index (κ3) is 2.54. The van der Waals surface area contributed by atoms with E-state index in [1.165, 1.54) is 0 Å². The minimum atomic E-state index is 0.180. The molecule has 0 aromatic heterocycles. The molecule has 2 rings (SSSR count). The van der Waals surface area contributed by atoms with Crippen LogP contribution in [0.25, 0.3) is 0 Å². The predicted octanol–water partition coefficient (Wildman–Crippen LogP) is 0.861. The van der Waals surface area contributed by atoms with Crippen molar-refractivity contribution in [1.82, 2.24) is 10.2 Å². The normalized spacial score (nSPS) is 21.4. The molecule has 1 heterocycles. The lowest BCUT2D eigenvalue weighted by molar-refractivity contribution is -0.121. The summed E-state index contributed by atoms with van der Waals surface area (Å²) in [6, 6.07) is 8.43. The molecule has 0 radical (unpaired) electrons. The number of aryl methyl sites for hydroxylation is 1. The lowest BCUT2D eigenvalue weighted by atomic mass is 10.1. The highest BCUT2D eigenvalue weighted by Crippen LogP contribution is 2.22. The lowest BCUT2D eigenvalue weighted by Gasteiger charge is -2.39. The van der Waals surface area contributed by atoms with Crippen LogP contribution in [0, 0.1) is 6.92 Å². The SMILES string of the molecule is CNCC1CN(c2ccccc2C)C(=O)CN1C. The maximum absolute atomic E-state index is 12.2. The first-order valence-electron chi connectivity index (χ1n) is 6.34. The number of hydrogen-bond acceptors (Lipinski definition) is 3. The molecule has 1 N–H and O–H groups in total. The van der Waals surface area contributed by atoms with E-state index in [1.807, 2.05) is 50.2 Å². The summed E-state index contributed by atoms with van der Waals surface area (Å²) in [6.45, 7) is 4.18. The molecule has 18 heavy (non-hydrogen) atoms. The van der Waals surface area contributed by atoms with E-state index in [1.54, 1.807) is 0 Å². The average Bonchev–Trinajstić information content (AvgIpc) is 2.34. The van der Waals surface area contributed by atoms with Gasteiger partial charge in [0.15, 0.2) is 0 Å². The Hall–Kier alpha value is -1.39. The summed E-state index contributed by atoms with van der Waals surface area (Å²) in [5, 5.41) is 3.19. The first kappa shape index (κ1) is 13.1. The number of rotatable bonds is 3.